The van der Waals surface area contributed by atoms with Gasteiger partial charge in [0, 0.05) is 20.0 Å². The minimum Gasteiger partial charge on any atom is -0.396 e. The Morgan fingerprint density at radius 3 is 2.38 bits per heavy atom. The SMILES string of the molecule is CCCCN(C)c1sc(C(=O)CC)c(N)c1S(=O)(=O)CC. The Morgan fingerprint density at radius 1 is 1.29 bits per heavy atom. The fourth-order valence-corrected chi connectivity index (χ4v) is 4.81. The lowest BCUT2D eigenvalue weighted by atomic mass is 10.2. The van der Waals surface area contributed by atoms with E-state index in [-0.39, 0.29) is 22.1 Å². The molecule has 0 amide bonds. The van der Waals surface area contributed by atoms with Gasteiger partial charge in [-0.3, -0.25) is 4.79 Å². The molecule has 0 fully saturated rings. The number of Topliss-reactive ketones (excluding diaryl/α,β-unsaturated/α-hetero) is 1. The van der Waals surface area contributed by atoms with Gasteiger partial charge in [-0.2, -0.15) is 0 Å². The molecule has 1 rings (SSSR count). The monoisotopic (exact) mass is 332 g/mol. The van der Waals surface area contributed by atoms with Gasteiger partial charge in [0.2, 0.25) is 0 Å². The summed E-state index contributed by atoms with van der Waals surface area (Å²) >= 11 is 1.19. The largest absolute Gasteiger partial charge is 0.396 e. The molecule has 0 aliphatic carbocycles. The Kier molecular flexibility index (Phi) is 6.22. The second-order valence-corrected chi connectivity index (χ2v) is 8.15. The van der Waals surface area contributed by atoms with E-state index in [9.17, 15) is 13.2 Å². The van der Waals surface area contributed by atoms with E-state index < -0.39 is 9.84 Å². The lowest BCUT2D eigenvalue weighted by molar-refractivity contribution is 0.0992. The maximum absolute atomic E-state index is 12.3. The minimum absolute atomic E-state index is 0.0255. The predicted octanol–water partition coefficient (Wildman–Crippen LogP) is 2.95. The Labute approximate surface area is 131 Å². The summed E-state index contributed by atoms with van der Waals surface area (Å²) in [4.78, 5) is 14.4. The number of carbonyl (C=O) groups excluding carboxylic acids is 1. The van der Waals surface area contributed by atoms with Crippen LogP contribution in [-0.4, -0.2) is 33.5 Å². The summed E-state index contributed by atoms with van der Waals surface area (Å²) in [5.41, 5.74) is 6.11. The lowest BCUT2D eigenvalue weighted by Crippen LogP contribution is -2.20. The number of thiophene rings is 1. The van der Waals surface area contributed by atoms with Crippen molar-refractivity contribution >= 4 is 37.6 Å². The molecule has 1 aromatic rings. The molecule has 1 aromatic heterocycles. The minimum atomic E-state index is -3.46. The highest BCUT2D eigenvalue weighted by Gasteiger charge is 2.29. The van der Waals surface area contributed by atoms with E-state index >= 15 is 0 Å². The number of sulfone groups is 1. The summed E-state index contributed by atoms with van der Waals surface area (Å²) in [7, 11) is -1.62. The third-order valence-electron chi connectivity index (χ3n) is 3.34. The Balaban J connectivity index is 3.44. The number of rotatable bonds is 8. The molecular formula is C14H24N2O3S2. The number of ketones is 1. The van der Waals surface area contributed by atoms with Gasteiger partial charge in [0.1, 0.15) is 9.90 Å². The first kappa shape index (κ1) is 18.0. The summed E-state index contributed by atoms with van der Waals surface area (Å²) in [5, 5.41) is 0.583. The molecule has 0 radical (unpaired) electrons. The van der Waals surface area contributed by atoms with Crippen LogP contribution in [0, 0.1) is 0 Å². The number of unbranched alkanes of at least 4 members (excludes halogenated alkanes) is 1. The maximum atomic E-state index is 12.3. The molecule has 0 saturated heterocycles. The Morgan fingerprint density at radius 2 is 1.90 bits per heavy atom. The summed E-state index contributed by atoms with van der Waals surface area (Å²) in [5.74, 6) is -0.136. The van der Waals surface area contributed by atoms with Crippen molar-refractivity contribution < 1.29 is 13.2 Å². The molecule has 0 saturated carbocycles. The van der Waals surface area contributed by atoms with Crippen molar-refractivity contribution in [2.24, 2.45) is 0 Å². The maximum Gasteiger partial charge on any atom is 0.183 e. The van der Waals surface area contributed by atoms with Crippen LogP contribution in [0.2, 0.25) is 0 Å². The zero-order valence-electron chi connectivity index (χ0n) is 13.1. The molecule has 5 nitrogen and oxygen atoms in total. The van der Waals surface area contributed by atoms with Gasteiger partial charge in [-0.25, -0.2) is 8.42 Å². The molecule has 0 aliphatic heterocycles. The zero-order valence-corrected chi connectivity index (χ0v) is 14.7. The van der Waals surface area contributed by atoms with Crippen LogP contribution in [0.25, 0.3) is 0 Å². The normalized spacial score (nSPS) is 11.6. The van der Waals surface area contributed by atoms with Crippen LogP contribution in [0.4, 0.5) is 10.7 Å². The van der Waals surface area contributed by atoms with Crippen LogP contribution in [-0.2, 0) is 9.84 Å². The van der Waals surface area contributed by atoms with Gasteiger partial charge in [0.15, 0.2) is 15.6 Å². The summed E-state index contributed by atoms with van der Waals surface area (Å²) < 4.78 is 24.7. The fourth-order valence-electron chi connectivity index (χ4n) is 1.98. The van der Waals surface area contributed by atoms with Crippen LogP contribution >= 0.6 is 11.3 Å². The lowest BCUT2D eigenvalue weighted by Gasteiger charge is -2.18. The van der Waals surface area contributed by atoms with Crippen LogP contribution in [0.15, 0.2) is 4.90 Å². The van der Waals surface area contributed by atoms with Gasteiger partial charge in [-0.15, -0.1) is 11.3 Å². The van der Waals surface area contributed by atoms with Gasteiger partial charge in [0.25, 0.3) is 0 Å². The third-order valence-corrected chi connectivity index (χ3v) is 6.63. The third kappa shape index (κ3) is 3.77. The fraction of sp³-hybridized carbons (Fsp3) is 0.643. The van der Waals surface area contributed by atoms with E-state index in [4.69, 9.17) is 5.73 Å². The van der Waals surface area contributed by atoms with Crippen molar-refractivity contribution in [1.29, 1.82) is 0 Å². The van der Waals surface area contributed by atoms with Crippen molar-refractivity contribution in [1.82, 2.24) is 0 Å². The number of nitrogens with zero attached hydrogens (tertiary/aromatic N) is 1. The highest BCUT2D eigenvalue weighted by Crippen LogP contribution is 2.42. The highest BCUT2D eigenvalue weighted by molar-refractivity contribution is 7.92. The van der Waals surface area contributed by atoms with Crippen molar-refractivity contribution in [2.45, 2.75) is 44.9 Å². The Hall–Kier alpha value is -1.08. The molecule has 7 heteroatoms. The molecule has 2 N–H and O–H groups in total. The standard InChI is InChI=1S/C14H24N2O3S2/c1-5-8-9-16(4)14-13(21(18,19)7-3)11(15)12(20-14)10(17)6-2/h5-9,15H2,1-4H3. The van der Waals surface area contributed by atoms with Crippen LogP contribution in [0.1, 0.15) is 49.7 Å². The second-order valence-electron chi connectivity index (χ2n) is 4.93. The number of hydrogen-bond donors (Lipinski definition) is 1. The summed E-state index contributed by atoms with van der Waals surface area (Å²) in [6, 6.07) is 0. The van der Waals surface area contributed by atoms with Crippen molar-refractivity contribution in [3.63, 3.8) is 0 Å². The number of nitrogens with two attached hydrogens (primary N) is 1. The Bertz CT molecular complexity index is 606. The molecule has 1 heterocycles. The van der Waals surface area contributed by atoms with E-state index in [0.29, 0.717) is 16.3 Å². The number of hydrogen-bond acceptors (Lipinski definition) is 6. The number of nitrogen functional groups attached to an aromatic ring is 1. The predicted molar refractivity (Wildman–Crippen MR) is 89.3 cm³/mol. The first-order chi connectivity index (χ1) is 9.80. The molecule has 0 atom stereocenters. The molecule has 0 spiro atoms. The number of carbonyl (C=O) groups is 1. The zero-order chi connectivity index (χ0) is 16.2. The molecule has 0 aromatic carbocycles. The van der Waals surface area contributed by atoms with Crippen LogP contribution in [0.3, 0.4) is 0 Å². The van der Waals surface area contributed by atoms with E-state index in [0.717, 1.165) is 19.4 Å². The summed E-state index contributed by atoms with van der Waals surface area (Å²) in [6.45, 7) is 6.15. The van der Waals surface area contributed by atoms with Crippen LogP contribution in [0.5, 0.6) is 0 Å². The van der Waals surface area contributed by atoms with E-state index in [2.05, 4.69) is 6.92 Å². The van der Waals surface area contributed by atoms with Gasteiger partial charge in [-0.1, -0.05) is 27.2 Å². The summed E-state index contributed by atoms with van der Waals surface area (Å²) in [6.07, 6.45) is 2.28. The van der Waals surface area contributed by atoms with E-state index in [1.54, 1.807) is 13.8 Å². The smallest absolute Gasteiger partial charge is 0.183 e. The van der Waals surface area contributed by atoms with Crippen molar-refractivity contribution in [2.75, 3.05) is 30.0 Å². The molecule has 0 aliphatic rings. The highest BCUT2D eigenvalue weighted by atomic mass is 32.2. The first-order valence-electron chi connectivity index (χ1n) is 7.19. The molecule has 0 bridgehead atoms. The van der Waals surface area contributed by atoms with E-state index in [1.165, 1.54) is 11.3 Å². The average molecular weight is 332 g/mol. The molecule has 0 unspecified atom stereocenters. The number of anilines is 2. The molecule has 21 heavy (non-hydrogen) atoms. The second kappa shape index (κ2) is 7.26. The van der Waals surface area contributed by atoms with Gasteiger partial charge < -0.3 is 10.6 Å². The van der Waals surface area contributed by atoms with Crippen molar-refractivity contribution in [3.05, 3.63) is 4.88 Å². The van der Waals surface area contributed by atoms with Crippen LogP contribution < -0.4 is 10.6 Å². The average Bonchev–Trinajstić information content (AvgIpc) is 2.82. The molecular weight excluding hydrogens is 308 g/mol. The first-order valence-corrected chi connectivity index (χ1v) is 9.66. The molecule has 120 valence electrons. The van der Waals surface area contributed by atoms with Gasteiger partial charge in [-0.05, 0) is 6.42 Å². The van der Waals surface area contributed by atoms with Crippen molar-refractivity contribution in [3.8, 4) is 0 Å². The topological polar surface area (TPSA) is 80.5 Å². The van der Waals surface area contributed by atoms with Gasteiger partial charge in [0.05, 0.1) is 16.3 Å². The quantitative estimate of drug-likeness (QED) is 0.740. The van der Waals surface area contributed by atoms with Gasteiger partial charge >= 0.3 is 0 Å². The van der Waals surface area contributed by atoms with E-state index in [1.807, 2.05) is 11.9 Å².